The molecule has 2 bridgehead atoms. The highest BCUT2D eigenvalue weighted by atomic mass is 16.2. The van der Waals surface area contributed by atoms with Crippen LogP contribution in [0.1, 0.15) is 63.7 Å². The fourth-order valence-electron chi connectivity index (χ4n) is 5.29. The van der Waals surface area contributed by atoms with E-state index in [1.807, 2.05) is 18.2 Å². The molecule has 1 amide bonds. The van der Waals surface area contributed by atoms with Crippen molar-refractivity contribution in [1.82, 2.24) is 5.32 Å². The summed E-state index contributed by atoms with van der Waals surface area (Å²) in [6.45, 7) is 0.655. The van der Waals surface area contributed by atoms with Gasteiger partial charge in [0.25, 0.3) is 0 Å². The Kier molecular flexibility index (Phi) is 4.96. The van der Waals surface area contributed by atoms with E-state index in [9.17, 15) is 9.59 Å². The molecule has 6 rings (SSSR count). The van der Waals surface area contributed by atoms with Gasteiger partial charge in [-0.2, -0.15) is 0 Å². The molecule has 3 aromatic carbocycles. The van der Waals surface area contributed by atoms with E-state index in [1.54, 1.807) is 12.1 Å². The lowest BCUT2D eigenvalue weighted by molar-refractivity contribution is -0.121. The standard InChI is InChI=1S/C27H25NO2/c29-25(18-8-2-1-3-9-18)14-15-26(30)28-17-19-16-24-20-10-4-6-12-22(20)27(19)23-13-7-5-11-21(23)24/h1-13,19,24,27H,14-17H2,(H,28,30). The minimum absolute atomic E-state index is 0.0188. The molecule has 1 N–H and O–H groups in total. The van der Waals surface area contributed by atoms with Gasteiger partial charge in [-0.25, -0.2) is 0 Å². The Morgan fingerprint density at radius 3 is 1.93 bits per heavy atom. The van der Waals surface area contributed by atoms with Crippen molar-refractivity contribution < 1.29 is 9.59 Å². The lowest BCUT2D eigenvalue weighted by atomic mass is 9.59. The predicted molar refractivity (Wildman–Crippen MR) is 118 cm³/mol. The SMILES string of the molecule is O=C(CCC(=O)c1ccccc1)NCC1CC2c3ccccc3C1c1ccccc12. The van der Waals surface area contributed by atoms with E-state index < -0.39 is 0 Å². The fraction of sp³-hybridized carbons (Fsp3) is 0.259. The molecule has 30 heavy (non-hydrogen) atoms. The van der Waals surface area contributed by atoms with Crippen LogP contribution in [0.25, 0.3) is 0 Å². The van der Waals surface area contributed by atoms with Crippen molar-refractivity contribution in [3.8, 4) is 0 Å². The first-order chi connectivity index (χ1) is 14.7. The van der Waals surface area contributed by atoms with Gasteiger partial charge in [0.05, 0.1) is 0 Å². The van der Waals surface area contributed by atoms with E-state index in [0.29, 0.717) is 29.9 Å². The quantitative estimate of drug-likeness (QED) is 0.593. The Morgan fingerprint density at radius 1 is 0.733 bits per heavy atom. The highest BCUT2D eigenvalue weighted by Crippen LogP contribution is 2.55. The van der Waals surface area contributed by atoms with Gasteiger partial charge >= 0.3 is 0 Å². The molecule has 0 heterocycles. The number of hydrogen-bond donors (Lipinski definition) is 1. The van der Waals surface area contributed by atoms with Gasteiger partial charge in [0, 0.05) is 36.8 Å². The van der Waals surface area contributed by atoms with Crippen LogP contribution in [-0.4, -0.2) is 18.2 Å². The third kappa shape index (κ3) is 3.35. The molecule has 3 nitrogen and oxygen atoms in total. The fourth-order valence-corrected chi connectivity index (χ4v) is 5.29. The van der Waals surface area contributed by atoms with Crippen molar-refractivity contribution in [3.63, 3.8) is 0 Å². The smallest absolute Gasteiger partial charge is 0.220 e. The van der Waals surface area contributed by atoms with Crippen LogP contribution in [-0.2, 0) is 4.79 Å². The van der Waals surface area contributed by atoms with Crippen molar-refractivity contribution in [3.05, 3.63) is 107 Å². The molecule has 3 heteroatoms. The average Bonchev–Trinajstić information content (AvgIpc) is 2.82. The van der Waals surface area contributed by atoms with E-state index in [-0.39, 0.29) is 24.5 Å². The first-order valence-corrected chi connectivity index (χ1v) is 10.7. The van der Waals surface area contributed by atoms with Crippen LogP contribution in [0, 0.1) is 5.92 Å². The Hall–Kier alpha value is -3.20. The molecule has 0 saturated heterocycles. The van der Waals surface area contributed by atoms with Crippen molar-refractivity contribution in [1.29, 1.82) is 0 Å². The minimum Gasteiger partial charge on any atom is -0.356 e. The number of fused-ring (bicyclic) bond motifs is 1. The van der Waals surface area contributed by atoms with Crippen LogP contribution < -0.4 is 5.32 Å². The lowest BCUT2D eigenvalue weighted by Crippen LogP contribution is -2.39. The number of ketones is 1. The Bertz CT molecular complexity index is 1040. The summed E-state index contributed by atoms with van der Waals surface area (Å²) in [6.07, 6.45) is 1.54. The summed E-state index contributed by atoms with van der Waals surface area (Å²) in [7, 11) is 0. The van der Waals surface area contributed by atoms with Crippen molar-refractivity contribution in [2.24, 2.45) is 5.92 Å². The van der Waals surface area contributed by atoms with Gasteiger partial charge in [0.15, 0.2) is 5.78 Å². The van der Waals surface area contributed by atoms with Crippen LogP contribution in [0.5, 0.6) is 0 Å². The minimum atomic E-state index is -0.0395. The Balaban J connectivity index is 1.25. The maximum atomic E-state index is 12.5. The topological polar surface area (TPSA) is 46.2 Å². The summed E-state index contributed by atoms with van der Waals surface area (Å²) >= 11 is 0. The Morgan fingerprint density at radius 2 is 1.30 bits per heavy atom. The van der Waals surface area contributed by atoms with Gasteiger partial charge < -0.3 is 5.32 Å². The largest absolute Gasteiger partial charge is 0.356 e. The van der Waals surface area contributed by atoms with Crippen LogP contribution in [0.15, 0.2) is 78.9 Å². The molecule has 0 radical (unpaired) electrons. The number of rotatable bonds is 6. The van der Waals surface area contributed by atoms with Crippen LogP contribution >= 0.6 is 0 Å². The molecule has 0 aromatic heterocycles. The third-order valence-corrected chi connectivity index (χ3v) is 6.66. The molecule has 0 saturated carbocycles. The molecule has 0 fully saturated rings. The summed E-state index contributed by atoms with van der Waals surface area (Å²) in [6, 6.07) is 26.7. The van der Waals surface area contributed by atoms with Crippen LogP contribution in [0.3, 0.4) is 0 Å². The molecule has 1 unspecified atom stereocenters. The zero-order valence-corrected chi connectivity index (χ0v) is 16.9. The number of carbonyl (C=O) groups excluding carboxylic acids is 2. The van der Waals surface area contributed by atoms with Crippen LogP contribution in [0.2, 0.25) is 0 Å². The van der Waals surface area contributed by atoms with E-state index >= 15 is 0 Å². The second kappa shape index (κ2) is 7.91. The molecule has 3 aliphatic rings. The van der Waals surface area contributed by atoms with Gasteiger partial charge in [-0.05, 0) is 34.6 Å². The summed E-state index contributed by atoms with van der Waals surface area (Å²) in [5.74, 6) is 1.10. The first-order valence-electron chi connectivity index (χ1n) is 10.7. The van der Waals surface area contributed by atoms with Crippen LogP contribution in [0.4, 0.5) is 0 Å². The van der Waals surface area contributed by atoms with Gasteiger partial charge in [-0.15, -0.1) is 0 Å². The normalized spacial score (nSPS) is 20.9. The van der Waals surface area contributed by atoms with Gasteiger partial charge in [0.2, 0.25) is 5.91 Å². The van der Waals surface area contributed by atoms with E-state index in [4.69, 9.17) is 0 Å². The molecule has 1 atom stereocenters. The maximum absolute atomic E-state index is 12.5. The van der Waals surface area contributed by atoms with Gasteiger partial charge in [-0.3, -0.25) is 9.59 Å². The summed E-state index contributed by atoms with van der Waals surface area (Å²) in [5.41, 5.74) is 6.37. The van der Waals surface area contributed by atoms with E-state index in [0.717, 1.165) is 6.42 Å². The molecule has 3 aliphatic carbocycles. The second-order valence-corrected chi connectivity index (χ2v) is 8.38. The van der Waals surface area contributed by atoms with E-state index in [1.165, 1.54) is 22.3 Å². The summed E-state index contributed by atoms with van der Waals surface area (Å²) in [5, 5.41) is 3.11. The Labute approximate surface area is 177 Å². The first kappa shape index (κ1) is 18.8. The van der Waals surface area contributed by atoms with Gasteiger partial charge in [0.1, 0.15) is 0 Å². The van der Waals surface area contributed by atoms with Crippen molar-refractivity contribution >= 4 is 11.7 Å². The van der Waals surface area contributed by atoms with Gasteiger partial charge in [-0.1, -0.05) is 78.9 Å². The van der Waals surface area contributed by atoms with E-state index in [2.05, 4.69) is 53.8 Å². The molecular weight excluding hydrogens is 370 g/mol. The number of hydrogen-bond acceptors (Lipinski definition) is 2. The monoisotopic (exact) mass is 395 g/mol. The predicted octanol–water partition coefficient (Wildman–Crippen LogP) is 5.06. The molecular formula is C27H25NO2. The molecule has 150 valence electrons. The second-order valence-electron chi connectivity index (χ2n) is 8.38. The average molecular weight is 396 g/mol. The highest BCUT2D eigenvalue weighted by Gasteiger charge is 2.42. The van der Waals surface area contributed by atoms with Crippen molar-refractivity contribution in [2.45, 2.75) is 31.1 Å². The lowest BCUT2D eigenvalue weighted by Gasteiger charge is -2.45. The molecule has 0 spiro atoms. The number of benzene rings is 3. The molecule has 3 aromatic rings. The zero-order chi connectivity index (χ0) is 20.5. The zero-order valence-electron chi connectivity index (χ0n) is 16.9. The number of nitrogens with one attached hydrogen (secondary N) is 1. The maximum Gasteiger partial charge on any atom is 0.220 e. The summed E-state index contributed by atoms with van der Waals surface area (Å²) in [4.78, 5) is 24.7. The number of Topliss-reactive ketones (excluding diaryl/α,β-unsaturated/α-hetero) is 1. The number of carbonyl (C=O) groups is 2. The highest BCUT2D eigenvalue weighted by molar-refractivity contribution is 5.97. The summed E-state index contributed by atoms with van der Waals surface area (Å²) < 4.78 is 0. The number of amides is 1. The van der Waals surface area contributed by atoms with Crippen molar-refractivity contribution in [2.75, 3.05) is 6.54 Å². The molecule has 0 aliphatic heterocycles. The third-order valence-electron chi connectivity index (χ3n) is 6.66.